The van der Waals surface area contributed by atoms with E-state index in [9.17, 15) is 8.42 Å². The fourth-order valence-electron chi connectivity index (χ4n) is 1.45. The molecule has 0 saturated carbocycles. The lowest BCUT2D eigenvalue weighted by atomic mass is 10.3. The fourth-order valence-corrected chi connectivity index (χ4v) is 5.07. The summed E-state index contributed by atoms with van der Waals surface area (Å²) in [4.78, 5) is 2.95. The number of fused-ring (bicyclic) bond motifs is 1. The molecule has 2 aliphatic rings. The zero-order valence-electron chi connectivity index (χ0n) is 5.78. The highest BCUT2D eigenvalue weighted by Gasteiger charge is 2.44. The van der Waals surface area contributed by atoms with Gasteiger partial charge in [-0.3, -0.25) is 10.7 Å². The van der Waals surface area contributed by atoms with Crippen molar-refractivity contribution in [2.75, 3.05) is 11.5 Å². The molecule has 0 unspecified atom stereocenters. The maximum Gasteiger partial charge on any atom is 0.302 e. The van der Waals surface area contributed by atoms with Gasteiger partial charge in [0, 0.05) is 0 Å². The van der Waals surface area contributed by atoms with E-state index in [2.05, 4.69) is 4.99 Å². The molecule has 2 heterocycles. The minimum absolute atomic E-state index is 0.0602. The smallest absolute Gasteiger partial charge is 0.282 e. The molecule has 11 heavy (non-hydrogen) atoms. The van der Waals surface area contributed by atoms with E-state index in [4.69, 9.17) is 5.73 Å². The zero-order chi connectivity index (χ0) is 8.06. The van der Waals surface area contributed by atoms with Crippen molar-refractivity contribution in [3.05, 3.63) is 0 Å². The van der Waals surface area contributed by atoms with Crippen LogP contribution in [-0.2, 0) is 9.84 Å². The first kappa shape index (κ1) is 7.42. The molecule has 3 N–H and O–H groups in total. The van der Waals surface area contributed by atoms with Crippen LogP contribution >= 0.6 is 11.8 Å². The first-order chi connectivity index (χ1) is 5.07. The number of thioether (sulfide) groups is 1. The number of hydrogen-bond donors (Lipinski definition) is 2. The second-order valence-corrected chi connectivity index (χ2v) is 6.28. The number of sulfone groups is 1. The van der Waals surface area contributed by atoms with Gasteiger partial charge in [0.2, 0.25) is 0 Å². The summed E-state index contributed by atoms with van der Waals surface area (Å²) in [6.45, 7) is 0. The third-order valence-corrected chi connectivity index (χ3v) is 5.02. The molecule has 2 rings (SSSR count). The molecular formula is C5H9N2O2S2+. The largest absolute Gasteiger partial charge is 0.302 e. The molecule has 0 amide bonds. The van der Waals surface area contributed by atoms with E-state index in [1.165, 1.54) is 11.8 Å². The number of rotatable bonds is 0. The summed E-state index contributed by atoms with van der Waals surface area (Å²) in [6.07, 6.45) is 0. The number of hydrogen-bond acceptors (Lipinski definition) is 4. The predicted octanol–water partition coefficient (Wildman–Crippen LogP) is -2.71. The number of nitrogens with one attached hydrogen (secondary N) is 1. The van der Waals surface area contributed by atoms with Gasteiger partial charge in [0.15, 0.2) is 9.84 Å². The maximum atomic E-state index is 11.0. The van der Waals surface area contributed by atoms with Crippen molar-refractivity contribution in [3.8, 4) is 0 Å². The molecule has 6 heteroatoms. The SMILES string of the molecule is NC1=[NH+][C@@H]2CS(=O)(=O)C[C@@H]2S1. The summed E-state index contributed by atoms with van der Waals surface area (Å²) in [5, 5.41) is 0.815. The molecule has 2 atom stereocenters. The van der Waals surface area contributed by atoms with Gasteiger partial charge < -0.3 is 0 Å². The summed E-state index contributed by atoms with van der Waals surface area (Å²) in [5.41, 5.74) is 5.49. The Morgan fingerprint density at radius 2 is 2.27 bits per heavy atom. The topological polar surface area (TPSA) is 74.1 Å². The van der Waals surface area contributed by atoms with Crippen molar-refractivity contribution in [3.63, 3.8) is 0 Å². The average Bonchev–Trinajstić information content (AvgIpc) is 2.17. The lowest BCUT2D eigenvalue weighted by Crippen LogP contribution is -2.79. The first-order valence-corrected chi connectivity index (χ1v) is 6.03. The predicted molar refractivity (Wildman–Crippen MR) is 44.0 cm³/mol. The van der Waals surface area contributed by atoms with Crippen LogP contribution < -0.4 is 10.7 Å². The van der Waals surface area contributed by atoms with Crippen LogP contribution in [0.3, 0.4) is 0 Å². The minimum atomic E-state index is -2.78. The van der Waals surface area contributed by atoms with Crippen molar-refractivity contribution >= 4 is 26.8 Å². The van der Waals surface area contributed by atoms with Crippen LogP contribution in [-0.4, -0.2) is 36.4 Å². The van der Waals surface area contributed by atoms with E-state index in [1.54, 1.807) is 0 Å². The van der Waals surface area contributed by atoms with Crippen molar-refractivity contribution in [1.82, 2.24) is 0 Å². The lowest BCUT2D eigenvalue weighted by Gasteiger charge is -1.96. The van der Waals surface area contributed by atoms with E-state index in [1.807, 2.05) is 0 Å². The van der Waals surface area contributed by atoms with Gasteiger partial charge in [0.25, 0.3) is 0 Å². The standard InChI is InChI=1S/C5H8N2O2S2/c6-5-7-3-1-11(8,9)2-4(3)10-5/h3-4H,1-2H2,(H2,6,7)/p+1/t3-,4+/m1/s1. The van der Waals surface area contributed by atoms with E-state index in [0.29, 0.717) is 5.17 Å². The maximum absolute atomic E-state index is 11.0. The van der Waals surface area contributed by atoms with Crippen LogP contribution in [0.1, 0.15) is 0 Å². The molecule has 0 aromatic heterocycles. The highest BCUT2D eigenvalue weighted by atomic mass is 32.2. The molecule has 2 aliphatic heterocycles. The molecule has 1 fully saturated rings. The Hall–Kier alpha value is -0.230. The molecule has 0 spiro atoms. The van der Waals surface area contributed by atoms with Gasteiger partial charge in [0.05, 0.1) is 16.8 Å². The monoisotopic (exact) mass is 193 g/mol. The molecule has 1 saturated heterocycles. The zero-order valence-corrected chi connectivity index (χ0v) is 7.41. The van der Waals surface area contributed by atoms with E-state index in [-0.39, 0.29) is 22.8 Å². The highest BCUT2D eigenvalue weighted by molar-refractivity contribution is 8.15. The van der Waals surface area contributed by atoms with Gasteiger partial charge in [-0.1, -0.05) is 0 Å². The van der Waals surface area contributed by atoms with Crippen LogP contribution in [0.5, 0.6) is 0 Å². The third kappa shape index (κ3) is 1.24. The Kier molecular flexibility index (Phi) is 1.44. The summed E-state index contributed by atoms with van der Waals surface area (Å²) in [6, 6.07) is 0.0602. The summed E-state index contributed by atoms with van der Waals surface area (Å²) in [5.74, 6) is 0.515. The van der Waals surface area contributed by atoms with Gasteiger partial charge in [-0.05, 0) is 11.8 Å². The van der Waals surface area contributed by atoms with Crippen molar-refractivity contribution in [1.29, 1.82) is 0 Å². The van der Waals surface area contributed by atoms with Crippen LogP contribution in [0.25, 0.3) is 0 Å². The molecule has 0 bridgehead atoms. The molecular weight excluding hydrogens is 184 g/mol. The van der Waals surface area contributed by atoms with Crippen LogP contribution in [0.2, 0.25) is 0 Å². The average molecular weight is 193 g/mol. The van der Waals surface area contributed by atoms with Gasteiger partial charge in [-0.25, -0.2) is 8.42 Å². The van der Waals surface area contributed by atoms with Crippen molar-refractivity contribution < 1.29 is 13.4 Å². The number of nitrogens with two attached hydrogens (primary N) is 1. The highest BCUT2D eigenvalue weighted by Crippen LogP contribution is 2.24. The molecule has 0 radical (unpaired) electrons. The Bertz CT molecular complexity index is 308. The fraction of sp³-hybridized carbons (Fsp3) is 0.800. The summed E-state index contributed by atoms with van der Waals surface area (Å²) >= 11 is 1.44. The molecule has 0 aromatic rings. The number of amidine groups is 1. The molecule has 4 nitrogen and oxygen atoms in total. The normalized spacial score (nSPS) is 40.2. The Morgan fingerprint density at radius 3 is 2.91 bits per heavy atom. The van der Waals surface area contributed by atoms with Gasteiger partial charge in [-0.15, -0.1) is 0 Å². The Balaban J connectivity index is 2.26. The second kappa shape index (κ2) is 2.13. The third-order valence-electron chi connectivity index (χ3n) is 1.91. The lowest BCUT2D eigenvalue weighted by molar-refractivity contribution is -0.487. The minimum Gasteiger partial charge on any atom is -0.282 e. The van der Waals surface area contributed by atoms with Gasteiger partial charge in [-0.2, -0.15) is 0 Å². The van der Waals surface area contributed by atoms with Gasteiger partial charge in [0.1, 0.15) is 6.04 Å². The van der Waals surface area contributed by atoms with Crippen LogP contribution in [0.15, 0.2) is 0 Å². The summed E-state index contributed by atoms with van der Waals surface area (Å²) < 4.78 is 22.1. The quantitative estimate of drug-likeness (QED) is 0.439. The van der Waals surface area contributed by atoms with Gasteiger partial charge >= 0.3 is 5.17 Å². The summed E-state index contributed by atoms with van der Waals surface area (Å²) in [7, 11) is -2.78. The molecule has 0 aromatic carbocycles. The van der Waals surface area contributed by atoms with E-state index >= 15 is 0 Å². The van der Waals surface area contributed by atoms with Crippen LogP contribution in [0.4, 0.5) is 0 Å². The van der Waals surface area contributed by atoms with E-state index < -0.39 is 9.84 Å². The second-order valence-electron chi connectivity index (χ2n) is 2.85. The van der Waals surface area contributed by atoms with Crippen molar-refractivity contribution in [2.24, 2.45) is 5.73 Å². The Morgan fingerprint density at radius 1 is 1.55 bits per heavy atom. The van der Waals surface area contributed by atoms with E-state index in [0.717, 1.165) is 0 Å². The molecule has 0 aliphatic carbocycles. The first-order valence-electron chi connectivity index (χ1n) is 3.33. The van der Waals surface area contributed by atoms with Crippen LogP contribution in [0, 0.1) is 0 Å². The Labute approximate surface area is 69.2 Å². The molecule has 62 valence electrons. The van der Waals surface area contributed by atoms with Crippen molar-refractivity contribution in [2.45, 2.75) is 11.3 Å².